The lowest BCUT2D eigenvalue weighted by Crippen LogP contribution is -2.16. The second-order valence-corrected chi connectivity index (χ2v) is 6.13. The van der Waals surface area contributed by atoms with Crippen molar-refractivity contribution in [1.29, 1.82) is 0 Å². The van der Waals surface area contributed by atoms with Crippen molar-refractivity contribution in [2.75, 3.05) is 6.61 Å². The SMILES string of the molecule is CCOC(=O)c1cnn(-c2nc3ncn(Cc4c(C)noc4C)c3c(=O)[nH]2)c1. The fourth-order valence-corrected chi connectivity index (χ4v) is 2.86. The maximum absolute atomic E-state index is 12.7. The molecule has 11 nitrogen and oxygen atoms in total. The monoisotopic (exact) mass is 383 g/mol. The predicted octanol–water partition coefficient (Wildman–Crippen LogP) is 1.14. The normalized spacial score (nSPS) is 11.2. The van der Waals surface area contributed by atoms with Crippen LogP contribution >= 0.6 is 0 Å². The van der Waals surface area contributed by atoms with Crippen LogP contribution in [-0.4, -0.2) is 47.0 Å². The first-order chi connectivity index (χ1) is 13.5. The van der Waals surface area contributed by atoms with Crippen LogP contribution in [0.1, 0.15) is 34.3 Å². The molecule has 144 valence electrons. The molecule has 4 aromatic heterocycles. The van der Waals surface area contributed by atoms with Crippen LogP contribution < -0.4 is 5.56 Å². The van der Waals surface area contributed by atoms with Gasteiger partial charge in [0, 0.05) is 11.8 Å². The van der Waals surface area contributed by atoms with Gasteiger partial charge in [-0.2, -0.15) is 10.1 Å². The molecule has 0 bridgehead atoms. The molecule has 0 unspecified atom stereocenters. The second-order valence-electron chi connectivity index (χ2n) is 6.13. The van der Waals surface area contributed by atoms with Gasteiger partial charge in [0.25, 0.3) is 5.56 Å². The highest BCUT2D eigenvalue weighted by Gasteiger charge is 2.17. The van der Waals surface area contributed by atoms with Gasteiger partial charge in [-0.3, -0.25) is 9.78 Å². The molecule has 0 saturated heterocycles. The van der Waals surface area contributed by atoms with E-state index in [1.165, 1.54) is 23.4 Å². The number of carbonyl (C=O) groups is 1. The largest absolute Gasteiger partial charge is 0.462 e. The van der Waals surface area contributed by atoms with Crippen LogP contribution in [0.3, 0.4) is 0 Å². The van der Waals surface area contributed by atoms with E-state index in [2.05, 4.69) is 25.2 Å². The van der Waals surface area contributed by atoms with Gasteiger partial charge in [-0.1, -0.05) is 5.16 Å². The first-order valence-electron chi connectivity index (χ1n) is 8.57. The number of aromatic nitrogens is 7. The summed E-state index contributed by atoms with van der Waals surface area (Å²) in [5.74, 6) is 0.333. The fourth-order valence-electron chi connectivity index (χ4n) is 2.86. The molecule has 0 saturated carbocycles. The molecule has 4 heterocycles. The summed E-state index contributed by atoms with van der Waals surface area (Å²) in [4.78, 5) is 35.7. The highest BCUT2D eigenvalue weighted by atomic mass is 16.5. The van der Waals surface area contributed by atoms with E-state index < -0.39 is 5.97 Å². The van der Waals surface area contributed by atoms with Gasteiger partial charge in [-0.05, 0) is 20.8 Å². The standard InChI is InChI=1S/C17H17N7O4/c1-4-27-16(26)11-5-19-24(6-11)17-20-14-13(15(25)21-17)23(8-18-14)7-12-9(2)22-28-10(12)3/h5-6,8H,4,7H2,1-3H3,(H,20,21,25). The summed E-state index contributed by atoms with van der Waals surface area (Å²) >= 11 is 0. The summed E-state index contributed by atoms with van der Waals surface area (Å²) in [5, 5.41) is 7.98. The van der Waals surface area contributed by atoms with Crippen molar-refractivity contribution in [1.82, 2.24) is 34.5 Å². The lowest BCUT2D eigenvalue weighted by atomic mass is 10.2. The lowest BCUT2D eigenvalue weighted by molar-refractivity contribution is 0.0526. The number of ether oxygens (including phenoxy) is 1. The predicted molar refractivity (Wildman–Crippen MR) is 96.3 cm³/mol. The van der Waals surface area contributed by atoms with E-state index in [1.807, 2.05) is 13.8 Å². The number of aromatic amines is 1. The molecule has 4 rings (SSSR count). The Labute approximate surface area is 158 Å². The van der Waals surface area contributed by atoms with Gasteiger partial charge in [0.15, 0.2) is 11.2 Å². The van der Waals surface area contributed by atoms with Crippen molar-refractivity contribution >= 4 is 17.1 Å². The second kappa shape index (κ2) is 6.76. The van der Waals surface area contributed by atoms with Gasteiger partial charge in [-0.25, -0.2) is 14.5 Å². The Morgan fingerprint density at radius 2 is 2.18 bits per heavy atom. The van der Waals surface area contributed by atoms with Crippen molar-refractivity contribution in [3.8, 4) is 5.95 Å². The highest BCUT2D eigenvalue weighted by Crippen LogP contribution is 2.16. The van der Waals surface area contributed by atoms with Gasteiger partial charge < -0.3 is 13.8 Å². The zero-order valence-electron chi connectivity index (χ0n) is 15.5. The van der Waals surface area contributed by atoms with E-state index in [4.69, 9.17) is 9.26 Å². The highest BCUT2D eigenvalue weighted by molar-refractivity contribution is 5.88. The lowest BCUT2D eigenvalue weighted by Gasteiger charge is -2.04. The average molecular weight is 383 g/mol. The summed E-state index contributed by atoms with van der Waals surface area (Å²) < 4.78 is 13.1. The van der Waals surface area contributed by atoms with Crippen LogP contribution in [0.25, 0.3) is 17.1 Å². The maximum Gasteiger partial charge on any atom is 0.341 e. The first-order valence-corrected chi connectivity index (χ1v) is 8.57. The number of nitrogens with zero attached hydrogens (tertiary/aromatic N) is 6. The summed E-state index contributed by atoms with van der Waals surface area (Å²) in [6, 6.07) is 0. The molecule has 0 aliphatic carbocycles. The fraction of sp³-hybridized carbons (Fsp3) is 0.294. The minimum absolute atomic E-state index is 0.149. The summed E-state index contributed by atoms with van der Waals surface area (Å²) in [5.41, 5.74) is 2.10. The van der Waals surface area contributed by atoms with Gasteiger partial charge in [-0.15, -0.1) is 0 Å². The Balaban J connectivity index is 1.71. The number of fused-ring (bicyclic) bond motifs is 1. The molecule has 0 amide bonds. The maximum atomic E-state index is 12.7. The van der Waals surface area contributed by atoms with Gasteiger partial charge in [0.1, 0.15) is 5.76 Å². The zero-order valence-corrected chi connectivity index (χ0v) is 15.5. The van der Waals surface area contributed by atoms with Crippen LogP contribution in [0.2, 0.25) is 0 Å². The number of aryl methyl sites for hydroxylation is 2. The van der Waals surface area contributed by atoms with Crippen molar-refractivity contribution in [2.24, 2.45) is 0 Å². The van der Waals surface area contributed by atoms with Gasteiger partial charge in [0.05, 0.1) is 36.9 Å². The Morgan fingerprint density at radius 1 is 1.36 bits per heavy atom. The minimum atomic E-state index is -0.499. The molecular weight excluding hydrogens is 366 g/mol. The topological polar surface area (TPSA) is 134 Å². The number of hydrogen-bond donors (Lipinski definition) is 1. The molecule has 1 N–H and O–H groups in total. The Kier molecular flexibility index (Phi) is 4.26. The quantitative estimate of drug-likeness (QED) is 0.507. The third kappa shape index (κ3) is 2.96. The van der Waals surface area contributed by atoms with Crippen molar-refractivity contribution in [2.45, 2.75) is 27.3 Å². The molecule has 0 aromatic carbocycles. The van der Waals surface area contributed by atoms with E-state index in [0.29, 0.717) is 17.8 Å². The number of esters is 1. The average Bonchev–Trinajstić information content (AvgIpc) is 3.38. The smallest absolute Gasteiger partial charge is 0.341 e. The van der Waals surface area contributed by atoms with Crippen LogP contribution in [-0.2, 0) is 11.3 Å². The molecule has 28 heavy (non-hydrogen) atoms. The summed E-state index contributed by atoms with van der Waals surface area (Å²) in [6.45, 7) is 6.01. The number of hydrogen-bond acceptors (Lipinski definition) is 8. The van der Waals surface area contributed by atoms with E-state index >= 15 is 0 Å². The number of carbonyl (C=O) groups excluding carboxylic acids is 1. The molecule has 0 fully saturated rings. The van der Waals surface area contributed by atoms with Gasteiger partial charge >= 0.3 is 5.97 Å². The molecule has 0 radical (unpaired) electrons. The number of nitrogens with one attached hydrogen (secondary N) is 1. The number of H-pyrrole nitrogens is 1. The third-order valence-electron chi connectivity index (χ3n) is 4.29. The van der Waals surface area contributed by atoms with E-state index in [9.17, 15) is 9.59 Å². The minimum Gasteiger partial charge on any atom is -0.462 e. The molecular formula is C17H17N7O4. The molecule has 0 atom stereocenters. The van der Waals surface area contributed by atoms with Crippen molar-refractivity contribution in [3.63, 3.8) is 0 Å². The Hall–Kier alpha value is -3.76. The van der Waals surface area contributed by atoms with Crippen molar-refractivity contribution < 1.29 is 14.1 Å². The van der Waals surface area contributed by atoms with Crippen LogP contribution in [0.5, 0.6) is 0 Å². The van der Waals surface area contributed by atoms with Crippen LogP contribution in [0.15, 0.2) is 28.0 Å². The van der Waals surface area contributed by atoms with Crippen LogP contribution in [0.4, 0.5) is 0 Å². The van der Waals surface area contributed by atoms with Crippen LogP contribution in [0, 0.1) is 13.8 Å². The Bertz CT molecular complexity index is 1210. The van der Waals surface area contributed by atoms with E-state index in [1.54, 1.807) is 11.5 Å². The number of rotatable bonds is 5. The van der Waals surface area contributed by atoms with Gasteiger partial charge in [0.2, 0.25) is 5.95 Å². The molecule has 0 aliphatic rings. The molecule has 0 spiro atoms. The third-order valence-corrected chi connectivity index (χ3v) is 4.29. The molecule has 11 heteroatoms. The van der Waals surface area contributed by atoms with Crippen molar-refractivity contribution in [3.05, 3.63) is 51.7 Å². The molecule has 4 aromatic rings. The zero-order chi connectivity index (χ0) is 19.8. The first kappa shape index (κ1) is 17.6. The summed E-state index contributed by atoms with van der Waals surface area (Å²) in [6.07, 6.45) is 4.32. The number of imidazole rings is 1. The van der Waals surface area contributed by atoms with E-state index in [0.717, 1.165) is 11.3 Å². The summed E-state index contributed by atoms with van der Waals surface area (Å²) in [7, 11) is 0. The Morgan fingerprint density at radius 3 is 2.89 bits per heavy atom. The molecule has 0 aliphatic heterocycles. The van der Waals surface area contributed by atoms with E-state index in [-0.39, 0.29) is 29.3 Å².